The van der Waals surface area contributed by atoms with Crippen molar-refractivity contribution in [1.29, 1.82) is 0 Å². The molecule has 162 valence electrons. The molecule has 0 radical (unpaired) electrons. The van der Waals surface area contributed by atoms with Gasteiger partial charge in [0, 0.05) is 0 Å². The van der Waals surface area contributed by atoms with Gasteiger partial charge in [0.05, 0.1) is 12.9 Å². The third-order valence-corrected chi connectivity index (χ3v) is 8.59. The minimum atomic E-state index is -1.81. The topological polar surface area (TPSA) is 88.1 Å². The summed E-state index contributed by atoms with van der Waals surface area (Å²) in [6.45, 7) is 6.86. The second-order valence-corrected chi connectivity index (χ2v) is 12.4. The number of imidazole rings is 1. The average molecular weight is 440 g/mol. The number of ether oxygens (including phenoxy) is 1. The van der Waals surface area contributed by atoms with Crippen LogP contribution in [0.5, 0.6) is 0 Å². The normalized spacial score (nSPS) is 22.5. The summed E-state index contributed by atoms with van der Waals surface area (Å²) in [4.78, 5) is 11.6. The van der Waals surface area contributed by atoms with E-state index in [1.807, 2.05) is 18.2 Å². The van der Waals surface area contributed by atoms with E-state index in [2.05, 4.69) is 53.8 Å². The molecule has 0 spiro atoms. The van der Waals surface area contributed by atoms with Crippen molar-refractivity contribution in [3.05, 3.63) is 42.7 Å². The number of aromatic nitrogens is 4. The molecule has 3 atom stereocenters. The molecule has 31 heavy (non-hydrogen) atoms. The van der Waals surface area contributed by atoms with Gasteiger partial charge in [-0.15, -0.1) is 6.42 Å². The zero-order chi connectivity index (χ0) is 22.2. The van der Waals surface area contributed by atoms with Gasteiger partial charge in [-0.05, 0) is 23.1 Å². The van der Waals surface area contributed by atoms with Gasteiger partial charge in [-0.25, -0.2) is 4.98 Å². The lowest BCUT2D eigenvalue weighted by Crippen LogP contribution is -2.45. The van der Waals surface area contributed by atoms with E-state index in [-0.39, 0.29) is 16.5 Å². The van der Waals surface area contributed by atoms with Crippen molar-refractivity contribution in [2.75, 3.05) is 12.3 Å². The van der Waals surface area contributed by atoms with Gasteiger partial charge in [-0.2, -0.15) is 14.4 Å². The molecule has 0 bridgehead atoms. The summed E-state index contributed by atoms with van der Waals surface area (Å²) in [5.41, 5.74) is 5.52. The zero-order valence-electron chi connectivity index (χ0n) is 17.9. The van der Waals surface area contributed by atoms with Crippen LogP contribution in [0.2, 0.25) is 5.04 Å². The highest BCUT2D eigenvalue weighted by molar-refractivity contribution is 6.70. The molecule has 3 heterocycles. The lowest BCUT2D eigenvalue weighted by Gasteiger charge is -2.33. The minimum absolute atomic E-state index is 0.00166. The van der Waals surface area contributed by atoms with E-state index >= 15 is 0 Å². The van der Waals surface area contributed by atoms with E-state index in [0.717, 1.165) is 0 Å². The molecule has 1 saturated heterocycles. The lowest BCUT2D eigenvalue weighted by molar-refractivity contribution is -0.0576. The molecular formula is C22H26FN5O2Si. The second-order valence-electron chi connectivity index (χ2n) is 8.92. The molecular weight excluding hydrogens is 413 g/mol. The first-order chi connectivity index (χ1) is 14.7. The van der Waals surface area contributed by atoms with Crippen LogP contribution in [0, 0.1) is 18.4 Å². The number of halogens is 1. The highest BCUT2D eigenvalue weighted by Gasteiger charge is 2.42. The molecule has 1 unspecified atom stereocenters. The number of hydrogen-bond acceptors (Lipinski definition) is 6. The van der Waals surface area contributed by atoms with Gasteiger partial charge in [-0.3, -0.25) is 4.57 Å². The van der Waals surface area contributed by atoms with Gasteiger partial charge in [0.25, 0.3) is 0 Å². The molecule has 3 aromatic rings. The molecule has 0 aliphatic carbocycles. The number of nitrogens with two attached hydrogens (primary N) is 1. The number of anilines is 1. The molecule has 2 aromatic heterocycles. The quantitative estimate of drug-likeness (QED) is 0.374. The van der Waals surface area contributed by atoms with E-state index in [4.69, 9.17) is 21.3 Å². The largest absolute Gasteiger partial charge is 0.411 e. The first-order valence-corrected chi connectivity index (χ1v) is 11.8. The third kappa shape index (κ3) is 4.19. The molecule has 4 rings (SSSR count). The van der Waals surface area contributed by atoms with Crippen molar-refractivity contribution in [3.63, 3.8) is 0 Å². The summed E-state index contributed by atoms with van der Waals surface area (Å²) in [5, 5.41) is 1.22. The Hall–Kier alpha value is -2.80. The molecule has 7 nitrogen and oxygen atoms in total. The molecule has 1 fully saturated rings. The summed E-state index contributed by atoms with van der Waals surface area (Å²) in [5.74, 6) is 2.80. The molecule has 1 aliphatic rings. The van der Waals surface area contributed by atoms with Gasteiger partial charge in [0.15, 0.2) is 22.6 Å². The predicted molar refractivity (Wildman–Crippen MR) is 120 cm³/mol. The van der Waals surface area contributed by atoms with Crippen molar-refractivity contribution >= 4 is 31.2 Å². The van der Waals surface area contributed by atoms with Gasteiger partial charge < -0.3 is 14.9 Å². The van der Waals surface area contributed by atoms with E-state index in [1.54, 1.807) is 4.57 Å². The summed E-state index contributed by atoms with van der Waals surface area (Å²) in [6, 6.07) is 10.3. The Morgan fingerprint density at radius 2 is 2.10 bits per heavy atom. The van der Waals surface area contributed by atoms with Crippen LogP contribution in [-0.2, 0) is 9.16 Å². The fourth-order valence-electron chi connectivity index (χ4n) is 4.00. The van der Waals surface area contributed by atoms with Crippen LogP contribution >= 0.6 is 0 Å². The van der Waals surface area contributed by atoms with Gasteiger partial charge in [-0.1, -0.05) is 57.0 Å². The maximum atomic E-state index is 13.7. The average Bonchev–Trinajstić information content (AvgIpc) is 3.33. The van der Waals surface area contributed by atoms with Crippen LogP contribution in [-0.4, -0.2) is 40.8 Å². The maximum absolute atomic E-state index is 13.7. The third-order valence-electron chi connectivity index (χ3n) is 5.52. The van der Waals surface area contributed by atoms with E-state index < -0.39 is 26.9 Å². The summed E-state index contributed by atoms with van der Waals surface area (Å²) in [7, 11) is -1.81. The molecule has 0 saturated carbocycles. The predicted octanol–water partition coefficient (Wildman–Crippen LogP) is 2.68. The second kappa shape index (κ2) is 8.03. The summed E-state index contributed by atoms with van der Waals surface area (Å²) >= 11 is 0. The maximum Gasteiger partial charge on any atom is 0.312 e. The SMILES string of the molecule is C#C[C@@]1(CO[SiH](c2ccccc2)C(C)(C)C)CC[C@H](n2cnc3c(N)nc(F)nc32)O1. The Morgan fingerprint density at radius 1 is 1.35 bits per heavy atom. The molecule has 9 heteroatoms. The molecule has 1 aliphatic heterocycles. The van der Waals surface area contributed by atoms with Crippen molar-refractivity contribution in [1.82, 2.24) is 19.5 Å². The lowest BCUT2D eigenvalue weighted by atomic mass is 10.0. The molecule has 2 N–H and O–H groups in total. The first kappa shape index (κ1) is 21.4. The van der Waals surface area contributed by atoms with E-state index in [9.17, 15) is 4.39 Å². The Kier molecular flexibility index (Phi) is 5.55. The number of nitrogen functional groups attached to an aromatic ring is 1. The number of terminal acetylenes is 1. The van der Waals surface area contributed by atoms with Gasteiger partial charge in [0.2, 0.25) is 9.04 Å². The fourth-order valence-corrected chi connectivity index (χ4v) is 6.70. The van der Waals surface area contributed by atoms with Crippen molar-refractivity contribution in [2.24, 2.45) is 0 Å². The Balaban J connectivity index is 1.55. The summed E-state index contributed by atoms with van der Waals surface area (Å²) < 4.78 is 28.2. The Labute approximate surface area is 182 Å². The van der Waals surface area contributed by atoms with Crippen LogP contribution in [0.4, 0.5) is 10.2 Å². The summed E-state index contributed by atoms with van der Waals surface area (Å²) in [6.07, 6.45) is 7.33. The Bertz CT molecular complexity index is 1120. The number of hydrogen-bond donors (Lipinski definition) is 1. The van der Waals surface area contributed by atoms with Crippen molar-refractivity contribution in [2.45, 2.75) is 50.5 Å². The van der Waals surface area contributed by atoms with Crippen molar-refractivity contribution < 1.29 is 13.6 Å². The number of fused-ring (bicyclic) bond motifs is 1. The Morgan fingerprint density at radius 3 is 2.77 bits per heavy atom. The zero-order valence-corrected chi connectivity index (χ0v) is 19.0. The van der Waals surface area contributed by atoms with E-state index in [0.29, 0.717) is 25.0 Å². The number of benzene rings is 1. The number of rotatable bonds is 5. The van der Waals surface area contributed by atoms with E-state index in [1.165, 1.54) is 11.5 Å². The molecule has 0 amide bonds. The monoisotopic (exact) mass is 439 g/mol. The van der Waals surface area contributed by atoms with Crippen LogP contribution < -0.4 is 10.9 Å². The minimum Gasteiger partial charge on any atom is -0.411 e. The molecule has 1 aromatic carbocycles. The van der Waals surface area contributed by atoms with Crippen LogP contribution in [0.1, 0.15) is 39.8 Å². The standard InChI is InChI=1S/C22H26FN5O2Si/c1-5-22(13-29-31(21(2,3)4)15-9-7-6-8-10-15)12-11-16(30-22)28-14-25-17-18(24)26-20(23)27-19(17)28/h1,6-10,14,16,31H,11-13H2,2-4H3,(H2,24,26,27)/t16-,22+,31?/m1/s1. The smallest absolute Gasteiger partial charge is 0.312 e. The van der Waals surface area contributed by atoms with Crippen LogP contribution in [0.15, 0.2) is 36.7 Å². The van der Waals surface area contributed by atoms with Gasteiger partial charge in [0.1, 0.15) is 6.23 Å². The number of nitrogens with zero attached hydrogens (tertiary/aromatic N) is 4. The first-order valence-electron chi connectivity index (χ1n) is 10.2. The van der Waals surface area contributed by atoms with Gasteiger partial charge >= 0.3 is 6.08 Å². The van der Waals surface area contributed by atoms with Crippen LogP contribution in [0.25, 0.3) is 11.2 Å². The fraction of sp³-hybridized carbons (Fsp3) is 0.409. The highest BCUT2D eigenvalue weighted by Crippen LogP contribution is 2.39. The van der Waals surface area contributed by atoms with Crippen molar-refractivity contribution in [3.8, 4) is 12.3 Å². The highest BCUT2D eigenvalue weighted by atomic mass is 28.3. The van der Waals surface area contributed by atoms with Crippen LogP contribution in [0.3, 0.4) is 0 Å².